The molecule has 0 amide bonds. The molecule has 4 rings (SSSR count). The Hall–Kier alpha value is -1.28. The number of hydrogen-bond acceptors (Lipinski definition) is 1. The summed E-state index contributed by atoms with van der Waals surface area (Å²) >= 11 is 0. The maximum atomic E-state index is 3.62. The van der Waals surface area contributed by atoms with Crippen molar-refractivity contribution in [3.63, 3.8) is 0 Å². The number of H-pyrrole nitrogens is 1. The minimum Gasteiger partial charge on any atom is -0.358 e. The van der Waals surface area contributed by atoms with Gasteiger partial charge in [0, 0.05) is 35.6 Å². The summed E-state index contributed by atoms with van der Waals surface area (Å²) in [6, 6.07) is 9.56. The molecule has 1 atom stereocenters. The molecule has 2 aliphatic heterocycles. The van der Waals surface area contributed by atoms with E-state index >= 15 is 0 Å². The first-order valence-corrected chi connectivity index (χ1v) is 6.74. The van der Waals surface area contributed by atoms with E-state index < -0.39 is 0 Å². The van der Waals surface area contributed by atoms with Crippen LogP contribution in [0.5, 0.6) is 0 Å². The molecule has 0 bridgehead atoms. The Labute approximate surface area is 102 Å². The Kier molecular flexibility index (Phi) is 2.06. The van der Waals surface area contributed by atoms with Crippen LogP contribution in [-0.2, 0) is 12.8 Å². The van der Waals surface area contributed by atoms with E-state index in [4.69, 9.17) is 0 Å². The van der Waals surface area contributed by atoms with Crippen LogP contribution in [0, 0.1) is 0 Å². The standard InChI is InChI=1S/C15H18N2/c1-2-6-14-12(5-1)13-10-11-4-3-8-17(11)9-7-15(13)16-14/h1-2,5-6,11,16H,3-4,7-10H2/t11-/m0/s1. The van der Waals surface area contributed by atoms with E-state index in [1.54, 1.807) is 5.56 Å². The molecule has 0 unspecified atom stereocenters. The smallest absolute Gasteiger partial charge is 0.0458 e. The Morgan fingerprint density at radius 2 is 2.12 bits per heavy atom. The van der Waals surface area contributed by atoms with Crippen LogP contribution in [0.3, 0.4) is 0 Å². The number of hydrogen-bond donors (Lipinski definition) is 1. The fourth-order valence-electron chi connectivity index (χ4n) is 3.61. The lowest BCUT2D eigenvalue weighted by molar-refractivity contribution is 0.263. The van der Waals surface area contributed by atoms with Gasteiger partial charge in [0.25, 0.3) is 0 Å². The Balaban J connectivity index is 1.84. The van der Waals surface area contributed by atoms with Crippen LogP contribution >= 0.6 is 0 Å². The van der Waals surface area contributed by atoms with E-state index in [1.807, 2.05) is 0 Å². The van der Waals surface area contributed by atoms with Gasteiger partial charge in [-0.15, -0.1) is 0 Å². The van der Waals surface area contributed by atoms with Gasteiger partial charge in [-0.3, -0.25) is 4.90 Å². The first-order valence-electron chi connectivity index (χ1n) is 6.74. The number of aromatic nitrogens is 1. The lowest BCUT2D eigenvalue weighted by Gasteiger charge is -2.20. The summed E-state index contributed by atoms with van der Waals surface area (Å²) in [4.78, 5) is 6.30. The highest BCUT2D eigenvalue weighted by Gasteiger charge is 2.29. The largest absolute Gasteiger partial charge is 0.358 e. The molecule has 88 valence electrons. The van der Waals surface area contributed by atoms with Gasteiger partial charge in [-0.25, -0.2) is 0 Å². The number of fused-ring (bicyclic) bond motifs is 4. The second-order valence-electron chi connectivity index (χ2n) is 5.41. The van der Waals surface area contributed by atoms with Crippen LogP contribution in [0.15, 0.2) is 24.3 Å². The molecule has 2 aliphatic rings. The second kappa shape index (κ2) is 3.61. The van der Waals surface area contributed by atoms with Crippen molar-refractivity contribution in [2.75, 3.05) is 13.1 Å². The number of nitrogens with zero attached hydrogens (tertiary/aromatic N) is 1. The van der Waals surface area contributed by atoms with Gasteiger partial charge in [0.2, 0.25) is 0 Å². The average molecular weight is 226 g/mol. The molecule has 1 saturated heterocycles. The highest BCUT2D eigenvalue weighted by Crippen LogP contribution is 2.31. The van der Waals surface area contributed by atoms with Crippen molar-refractivity contribution in [2.45, 2.75) is 31.7 Å². The molecule has 17 heavy (non-hydrogen) atoms. The predicted molar refractivity (Wildman–Crippen MR) is 70.3 cm³/mol. The predicted octanol–water partition coefficient (Wildman–Crippen LogP) is 2.73. The summed E-state index contributed by atoms with van der Waals surface area (Å²) < 4.78 is 0. The van der Waals surface area contributed by atoms with E-state index in [9.17, 15) is 0 Å². The molecular formula is C15H18N2. The van der Waals surface area contributed by atoms with Gasteiger partial charge in [-0.1, -0.05) is 18.2 Å². The summed E-state index contributed by atoms with van der Waals surface area (Å²) in [6.07, 6.45) is 5.22. The van der Waals surface area contributed by atoms with Crippen molar-refractivity contribution in [1.29, 1.82) is 0 Å². The highest BCUT2D eigenvalue weighted by atomic mass is 15.2. The lowest BCUT2D eigenvalue weighted by atomic mass is 10.0. The number of nitrogens with one attached hydrogen (secondary N) is 1. The second-order valence-corrected chi connectivity index (χ2v) is 5.41. The average Bonchev–Trinajstić information content (AvgIpc) is 2.90. The molecule has 1 fully saturated rings. The molecule has 2 nitrogen and oxygen atoms in total. The summed E-state index contributed by atoms with van der Waals surface area (Å²) in [5.41, 5.74) is 4.40. The summed E-state index contributed by atoms with van der Waals surface area (Å²) in [5.74, 6) is 0. The van der Waals surface area contributed by atoms with E-state index in [0.717, 1.165) is 6.04 Å². The van der Waals surface area contributed by atoms with Crippen LogP contribution in [0.1, 0.15) is 24.1 Å². The zero-order valence-electron chi connectivity index (χ0n) is 10.1. The van der Waals surface area contributed by atoms with Crippen molar-refractivity contribution in [1.82, 2.24) is 9.88 Å². The van der Waals surface area contributed by atoms with E-state index in [2.05, 4.69) is 34.1 Å². The third-order valence-electron chi connectivity index (χ3n) is 4.49. The molecule has 3 heterocycles. The molecule has 0 saturated carbocycles. The minimum atomic E-state index is 0.801. The summed E-state index contributed by atoms with van der Waals surface area (Å²) in [7, 11) is 0. The van der Waals surface area contributed by atoms with Gasteiger partial charge in [-0.2, -0.15) is 0 Å². The quantitative estimate of drug-likeness (QED) is 0.732. The van der Waals surface area contributed by atoms with Gasteiger partial charge in [0.15, 0.2) is 0 Å². The maximum absolute atomic E-state index is 3.62. The fraction of sp³-hybridized carbons (Fsp3) is 0.467. The zero-order chi connectivity index (χ0) is 11.2. The number of rotatable bonds is 0. The summed E-state index contributed by atoms with van der Waals surface area (Å²) in [5, 5.41) is 1.45. The molecule has 1 aromatic carbocycles. The van der Waals surface area contributed by atoms with Gasteiger partial charge >= 0.3 is 0 Å². The molecular weight excluding hydrogens is 208 g/mol. The van der Waals surface area contributed by atoms with Crippen LogP contribution in [-0.4, -0.2) is 29.0 Å². The first-order chi connectivity index (χ1) is 8.42. The number of benzene rings is 1. The van der Waals surface area contributed by atoms with Crippen LogP contribution in [0.4, 0.5) is 0 Å². The van der Waals surface area contributed by atoms with Crippen molar-refractivity contribution in [3.8, 4) is 0 Å². The van der Waals surface area contributed by atoms with Crippen LogP contribution in [0.25, 0.3) is 10.9 Å². The first kappa shape index (κ1) is 9.72. The SMILES string of the molecule is c1ccc2c3c([nH]c2c1)CCN1CCC[C@H]1C3. The Bertz CT molecular complexity index is 555. The van der Waals surface area contributed by atoms with Gasteiger partial charge in [0.05, 0.1) is 0 Å². The van der Waals surface area contributed by atoms with Crippen molar-refractivity contribution < 1.29 is 0 Å². The number of aromatic amines is 1. The Morgan fingerprint density at radius 3 is 3.12 bits per heavy atom. The van der Waals surface area contributed by atoms with Crippen molar-refractivity contribution in [2.24, 2.45) is 0 Å². The maximum Gasteiger partial charge on any atom is 0.0458 e. The monoisotopic (exact) mass is 226 g/mol. The topological polar surface area (TPSA) is 19.0 Å². The third kappa shape index (κ3) is 1.44. The van der Waals surface area contributed by atoms with Gasteiger partial charge < -0.3 is 4.98 Å². The minimum absolute atomic E-state index is 0.801. The molecule has 0 spiro atoms. The van der Waals surface area contributed by atoms with Crippen LogP contribution in [0.2, 0.25) is 0 Å². The molecule has 0 aliphatic carbocycles. The molecule has 1 N–H and O–H groups in total. The van der Waals surface area contributed by atoms with Gasteiger partial charge in [0.1, 0.15) is 0 Å². The van der Waals surface area contributed by atoms with Crippen LogP contribution < -0.4 is 0 Å². The lowest BCUT2D eigenvalue weighted by Crippen LogP contribution is -2.30. The van der Waals surface area contributed by atoms with Crippen molar-refractivity contribution >= 4 is 10.9 Å². The van der Waals surface area contributed by atoms with Crippen molar-refractivity contribution in [3.05, 3.63) is 35.5 Å². The fourth-order valence-corrected chi connectivity index (χ4v) is 3.61. The molecule has 2 heteroatoms. The van der Waals surface area contributed by atoms with Gasteiger partial charge in [-0.05, 0) is 37.4 Å². The van der Waals surface area contributed by atoms with E-state index in [1.165, 1.54) is 55.4 Å². The van der Waals surface area contributed by atoms with E-state index in [0.29, 0.717) is 0 Å². The number of para-hydroxylation sites is 1. The summed E-state index contributed by atoms with van der Waals surface area (Å²) in [6.45, 7) is 2.55. The molecule has 1 aromatic heterocycles. The highest BCUT2D eigenvalue weighted by molar-refractivity contribution is 5.84. The molecule has 2 aromatic rings. The molecule has 0 radical (unpaired) electrons. The zero-order valence-corrected chi connectivity index (χ0v) is 10.1. The van der Waals surface area contributed by atoms with E-state index in [-0.39, 0.29) is 0 Å². The normalized spacial score (nSPS) is 24.6. The third-order valence-corrected chi connectivity index (χ3v) is 4.49. The Morgan fingerprint density at radius 1 is 1.18 bits per heavy atom.